The third-order valence-electron chi connectivity index (χ3n) is 4.04. The fraction of sp³-hybridized carbons (Fsp3) is 0.600. The van der Waals surface area contributed by atoms with E-state index in [1.165, 1.54) is 5.56 Å². The molecule has 0 bridgehead atoms. The van der Waals surface area contributed by atoms with Gasteiger partial charge >= 0.3 is 0 Å². The second-order valence-electron chi connectivity index (χ2n) is 5.48. The molecule has 94 valence electrons. The molecule has 2 heteroatoms. The van der Waals surface area contributed by atoms with Crippen molar-refractivity contribution in [1.29, 1.82) is 0 Å². The van der Waals surface area contributed by atoms with E-state index < -0.39 is 0 Å². The summed E-state index contributed by atoms with van der Waals surface area (Å²) in [5.41, 5.74) is 0.855. The fourth-order valence-electron chi connectivity index (χ4n) is 2.15. The van der Waals surface area contributed by atoms with Crippen molar-refractivity contribution >= 4 is 0 Å². The molecule has 17 heavy (non-hydrogen) atoms. The summed E-state index contributed by atoms with van der Waals surface area (Å²) in [5, 5.41) is 0. The van der Waals surface area contributed by atoms with E-state index in [1.807, 2.05) is 12.1 Å². The summed E-state index contributed by atoms with van der Waals surface area (Å²) in [6, 6.07) is 8.31. The highest BCUT2D eigenvalue weighted by Crippen LogP contribution is 2.46. The van der Waals surface area contributed by atoms with Crippen molar-refractivity contribution in [3.63, 3.8) is 0 Å². The maximum atomic E-state index is 6.07. The topological polar surface area (TPSA) is 21.8 Å². The smallest absolute Gasteiger partial charge is 0.134 e. The zero-order chi connectivity index (χ0) is 12.7. The Morgan fingerprint density at radius 2 is 1.82 bits per heavy atom. The predicted molar refractivity (Wildman–Crippen MR) is 69.5 cm³/mol. The molecule has 1 saturated heterocycles. The molecule has 2 rings (SSSR count). The van der Waals surface area contributed by atoms with E-state index in [-0.39, 0.29) is 17.3 Å². The lowest BCUT2D eigenvalue weighted by molar-refractivity contribution is 0.0267. The van der Waals surface area contributed by atoms with Gasteiger partial charge in [0.05, 0.1) is 6.10 Å². The van der Waals surface area contributed by atoms with Gasteiger partial charge in [-0.05, 0) is 51.8 Å². The van der Waals surface area contributed by atoms with Crippen LogP contribution in [0, 0.1) is 0 Å². The maximum absolute atomic E-state index is 6.07. The van der Waals surface area contributed by atoms with Crippen molar-refractivity contribution in [1.82, 2.24) is 0 Å². The molecule has 1 fully saturated rings. The molecule has 1 heterocycles. The largest absolute Gasteiger partial charge is 0.485 e. The number of rotatable bonds is 4. The highest BCUT2D eigenvalue weighted by atomic mass is 16.6. The van der Waals surface area contributed by atoms with Gasteiger partial charge < -0.3 is 9.47 Å². The van der Waals surface area contributed by atoms with Crippen molar-refractivity contribution in [2.24, 2.45) is 0 Å². The van der Waals surface area contributed by atoms with Crippen LogP contribution in [-0.4, -0.2) is 17.3 Å². The van der Waals surface area contributed by atoms with Crippen LogP contribution in [0.2, 0.25) is 0 Å². The number of hydrogen-bond donors (Lipinski definition) is 0. The average Bonchev–Trinajstić information content (AvgIpc) is 2.90. The summed E-state index contributed by atoms with van der Waals surface area (Å²) >= 11 is 0. The van der Waals surface area contributed by atoms with E-state index in [9.17, 15) is 0 Å². The first-order chi connectivity index (χ1) is 7.89. The number of epoxide rings is 1. The summed E-state index contributed by atoms with van der Waals surface area (Å²) in [6.07, 6.45) is 1.33. The van der Waals surface area contributed by atoms with Crippen LogP contribution in [0.25, 0.3) is 0 Å². The Balaban J connectivity index is 2.09. The summed E-state index contributed by atoms with van der Waals surface area (Å²) in [6.45, 7) is 10.5. The Hall–Kier alpha value is -1.02. The van der Waals surface area contributed by atoms with Crippen LogP contribution in [0.3, 0.4) is 0 Å². The third-order valence-corrected chi connectivity index (χ3v) is 4.04. The standard InChI is InChI=1S/C15H22O2/c1-6-12-7-9-13(10-8-12)17-14(3,4)15(5)11(2)16-15/h7-11H,6H2,1-5H3. The molecule has 1 aromatic rings. The minimum atomic E-state index is -0.305. The lowest BCUT2D eigenvalue weighted by Crippen LogP contribution is -2.44. The number of benzene rings is 1. The minimum Gasteiger partial charge on any atom is -0.485 e. The second-order valence-corrected chi connectivity index (χ2v) is 5.48. The number of aryl methyl sites for hydroxylation is 1. The van der Waals surface area contributed by atoms with Crippen LogP contribution in [0.1, 0.15) is 40.2 Å². The first kappa shape index (κ1) is 12.4. The summed E-state index contributed by atoms with van der Waals surface area (Å²) in [7, 11) is 0. The molecule has 2 unspecified atom stereocenters. The van der Waals surface area contributed by atoms with Crippen LogP contribution in [0.4, 0.5) is 0 Å². The quantitative estimate of drug-likeness (QED) is 0.743. The number of ether oxygens (including phenoxy) is 2. The van der Waals surface area contributed by atoms with Crippen molar-refractivity contribution < 1.29 is 9.47 Å². The highest BCUT2D eigenvalue weighted by molar-refractivity contribution is 5.28. The van der Waals surface area contributed by atoms with E-state index in [0.717, 1.165) is 12.2 Å². The van der Waals surface area contributed by atoms with Gasteiger partial charge in [0, 0.05) is 0 Å². The predicted octanol–water partition coefficient (Wildman–Crippen LogP) is 3.58. The Morgan fingerprint density at radius 1 is 1.29 bits per heavy atom. The number of hydrogen-bond acceptors (Lipinski definition) is 2. The molecule has 1 aromatic carbocycles. The van der Waals surface area contributed by atoms with Gasteiger partial charge in [0.1, 0.15) is 17.0 Å². The normalized spacial score (nSPS) is 27.9. The van der Waals surface area contributed by atoms with Crippen molar-refractivity contribution in [3.05, 3.63) is 29.8 Å². The van der Waals surface area contributed by atoms with Gasteiger partial charge in [-0.3, -0.25) is 0 Å². The van der Waals surface area contributed by atoms with Crippen LogP contribution in [0.15, 0.2) is 24.3 Å². The van der Waals surface area contributed by atoms with Crippen LogP contribution in [0.5, 0.6) is 5.75 Å². The first-order valence-corrected chi connectivity index (χ1v) is 6.35. The SMILES string of the molecule is CCc1ccc(OC(C)(C)C2(C)OC2C)cc1. The summed E-state index contributed by atoms with van der Waals surface area (Å²) in [4.78, 5) is 0. The van der Waals surface area contributed by atoms with Crippen LogP contribution >= 0.6 is 0 Å². The van der Waals surface area contributed by atoms with Gasteiger partial charge in [-0.25, -0.2) is 0 Å². The van der Waals surface area contributed by atoms with Gasteiger partial charge in [0.2, 0.25) is 0 Å². The van der Waals surface area contributed by atoms with Gasteiger partial charge in [-0.1, -0.05) is 19.1 Å². The monoisotopic (exact) mass is 234 g/mol. The molecular formula is C15H22O2. The molecule has 2 nitrogen and oxygen atoms in total. The zero-order valence-electron chi connectivity index (χ0n) is 11.4. The Morgan fingerprint density at radius 3 is 2.24 bits per heavy atom. The highest BCUT2D eigenvalue weighted by Gasteiger charge is 2.61. The third kappa shape index (κ3) is 2.19. The fourth-order valence-corrected chi connectivity index (χ4v) is 2.15. The Labute approximate surface area is 104 Å². The van der Waals surface area contributed by atoms with E-state index in [0.29, 0.717) is 0 Å². The average molecular weight is 234 g/mol. The molecule has 0 radical (unpaired) electrons. The molecule has 2 atom stereocenters. The van der Waals surface area contributed by atoms with Crippen molar-refractivity contribution in [3.8, 4) is 5.75 Å². The van der Waals surface area contributed by atoms with E-state index in [2.05, 4.69) is 46.8 Å². The van der Waals surface area contributed by atoms with E-state index >= 15 is 0 Å². The van der Waals surface area contributed by atoms with Crippen molar-refractivity contribution in [2.75, 3.05) is 0 Å². The molecule has 0 saturated carbocycles. The summed E-state index contributed by atoms with van der Waals surface area (Å²) in [5.74, 6) is 0.913. The Kier molecular flexibility index (Phi) is 2.94. The van der Waals surface area contributed by atoms with E-state index in [1.54, 1.807) is 0 Å². The van der Waals surface area contributed by atoms with Crippen LogP contribution < -0.4 is 4.74 Å². The molecule has 0 spiro atoms. The maximum Gasteiger partial charge on any atom is 0.134 e. The van der Waals surface area contributed by atoms with Crippen LogP contribution in [-0.2, 0) is 11.2 Å². The molecule has 1 aliphatic heterocycles. The minimum absolute atomic E-state index is 0.170. The molecule has 0 N–H and O–H groups in total. The molecule has 1 aliphatic rings. The Bertz CT molecular complexity index is 394. The summed E-state index contributed by atoms with van der Waals surface area (Å²) < 4.78 is 11.7. The van der Waals surface area contributed by atoms with Gasteiger partial charge in [-0.15, -0.1) is 0 Å². The molecule has 0 aromatic heterocycles. The lowest BCUT2D eigenvalue weighted by Gasteiger charge is -2.31. The second kappa shape index (κ2) is 4.02. The zero-order valence-corrected chi connectivity index (χ0v) is 11.4. The van der Waals surface area contributed by atoms with E-state index in [4.69, 9.17) is 9.47 Å². The van der Waals surface area contributed by atoms with Gasteiger partial charge in [0.15, 0.2) is 0 Å². The van der Waals surface area contributed by atoms with Gasteiger partial charge in [-0.2, -0.15) is 0 Å². The molecule has 0 aliphatic carbocycles. The molecular weight excluding hydrogens is 212 g/mol. The van der Waals surface area contributed by atoms with Gasteiger partial charge in [0.25, 0.3) is 0 Å². The lowest BCUT2D eigenvalue weighted by atomic mass is 9.89. The first-order valence-electron chi connectivity index (χ1n) is 6.35. The van der Waals surface area contributed by atoms with Crippen molar-refractivity contribution in [2.45, 2.75) is 58.3 Å². The molecule has 0 amide bonds.